The van der Waals surface area contributed by atoms with Crippen LogP contribution in [0.2, 0.25) is 0 Å². The molecule has 6 heteroatoms. The van der Waals surface area contributed by atoms with E-state index in [1.165, 1.54) is 0 Å². The van der Waals surface area contributed by atoms with Crippen LogP contribution in [0.4, 0.5) is 5.82 Å². The Kier molecular flexibility index (Phi) is 3.50. The third-order valence-electron chi connectivity index (χ3n) is 3.58. The Morgan fingerprint density at radius 2 is 2.10 bits per heavy atom. The molecule has 1 aliphatic heterocycles. The fourth-order valence-electron chi connectivity index (χ4n) is 2.77. The van der Waals surface area contributed by atoms with Gasteiger partial charge >= 0.3 is 0 Å². The molecule has 1 N–H and O–H groups in total. The van der Waals surface area contributed by atoms with Gasteiger partial charge in [-0.05, 0) is 32.6 Å². The maximum atomic E-state index is 9.94. The summed E-state index contributed by atoms with van der Waals surface area (Å²) >= 11 is 0. The molecule has 0 bridgehead atoms. The summed E-state index contributed by atoms with van der Waals surface area (Å²) in [6.07, 6.45) is 3.80. The Morgan fingerprint density at radius 3 is 2.90 bits per heavy atom. The lowest BCUT2D eigenvalue weighted by molar-refractivity contribution is 0.191. The number of hydrogen-bond donors (Lipinski definition) is 1. The first-order chi connectivity index (χ1) is 9.63. The molecule has 2 aromatic rings. The Labute approximate surface area is 118 Å². The summed E-state index contributed by atoms with van der Waals surface area (Å²) in [7, 11) is 4.09. The predicted molar refractivity (Wildman–Crippen MR) is 77.6 cm³/mol. The maximum absolute atomic E-state index is 9.94. The van der Waals surface area contributed by atoms with E-state index in [4.69, 9.17) is 0 Å². The second-order valence-electron chi connectivity index (χ2n) is 5.53. The van der Waals surface area contributed by atoms with Crippen LogP contribution < -0.4 is 4.90 Å². The molecule has 0 saturated carbocycles. The number of hydrogen-bond acceptors (Lipinski definition) is 6. The number of aliphatic hydroxyl groups is 1. The van der Waals surface area contributed by atoms with Gasteiger partial charge in [0.25, 0.3) is 0 Å². The van der Waals surface area contributed by atoms with Crippen molar-refractivity contribution in [2.75, 3.05) is 32.1 Å². The topological polar surface area (TPSA) is 65.4 Å². The molecule has 3 heterocycles. The number of rotatable bonds is 3. The lowest BCUT2D eigenvalue weighted by Gasteiger charge is -2.27. The van der Waals surface area contributed by atoms with Crippen LogP contribution in [0.5, 0.6) is 0 Å². The van der Waals surface area contributed by atoms with E-state index in [1.54, 1.807) is 12.4 Å². The van der Waals surface area contributed by atoms with Crippen LogP contribution in [0.3, 0.4) is 0 Å². The Bertz CT molecular complexity index is 603. The molecule has 20 heavy (non-hydrogen) atoms. The zero-order chi connectivity index (χ0) is 14.1. The van der Waals surface area contributed by atoms with Crippen molar-refractivity contribution in [1.82, 2.24) is 19.9 Å². The van der Waals surface area contributed by atoms with Crippen molar-refractivity contribution in [3.63, 3.8) is 0 Å². The van der Waals surface area contributed by atoms with Gasteiger partial charge in [-0.15, -0.1) is 0 Å². The van der Waals surface area contributed by atoms with Crippen molar-refractivity contribution >= 4 is 17.0 Å². The number of aliphatic hydroxyl groups excluding tert-OH is 1. The molecule has 106 valence electrons. The van der Waals surface area contributed by atoms with E-state index in [1.807, 2.05) is 26.2 Å². The number of aromatic nitrogens is 3. The summed E-state index contributed by atoms with van der Waals surface area (Å²) in [5, 5.41) is 9.94. The fourth-order valence-corrected chi connectivity index (χ4v) is 2.77. The van der Waals surface area contributed by atoms with Crippen molar-refractivity contribution in [2.45, 2.75) is 18.6 Å². The van der Waals surface area contributed by atoms with Crippen molar-refractivity contribution in [3.05, 3.63) is 24.5 Å². The van der Waals surface area contributed by atoms with Gasteiger partial charge in [0.2, 0.25) is 0 Å². The summed E-state index contributed by atoms with van der Waals surface area (Å²) in [5.41, 5.74) is 1.44. The van der Waals surface area contributed by atoms with Crippen LogP contribution in [-0.2, 0) is 0 Å². The largest absolute Gasteiger partial charge is 0.391 e. The molecule has 1 saturated heterocycles. The van der Waals surface area contributed by atoms with Crippen LogP contribution in [-0.4, -0.2) is 64.3 Å². The third kappa shape index (κ3) is 2.57. The van der Waals surface area contributed by atoms with Gasteiger partial charge < -0.3 is 14.9 Å². The van der Waals surface area contributed by atoms with Crippen LogP contribution in [0.1, 0.15) is 6.42 Å². The lowest BCUT2D eigenvalue weighted by Crippen LogP contribution is -2.38. The fraction of sp³-hybridized carbons (Fsp3) is 0.500. The van der Waals surface area contributed by atoms with E-state index < -0.39 is 0 Å². The quantitative estimate of drug-likeness (QED) is 0.880. The van der Waals surface area contributed by atoms with Crippen LogP contribution in [0.15, 0.2) is 24.5 Å². The molecule has 2 atom stereocenters. The summed E-state index contributed by atoms with van der Waals surface area (Å²) in [6, 6.07) is 4.17. The maximum Gasteiger partial charge on any atom is 0.180 e. The molecule has 0 spiro atoms. The van der Waals surface area contributed by atoms with Crippen molar-refractivity contribution in [3.8, 4) is 0 Å². The highest BCUT2D eigenvalue weighted by atomic mass is 16.3. The summed E-state index contributed by atoms with van der Waals surface area (Å²) < 4.78 is 0. The van der Waals surface area contributed by atoms with Crippen molar-refractivity contribution in [1.29, 1.82) is 0 Å². The van der Waals surface area contributed by atoms with Gasteiger partial charge in [0.15, 0.2) is 5.65 Å². The second-order valence-corrected chi connectivity index (χ2v) is 5.53. The standard InChI is InChI=1S/C14H19N5O/c1-18(2)8-10-7-11(20)9-19(10)13-4-3-12-14(17-13)16-6-5-15-12/h3-6,10-11,20H,7-9H2,1-2H3. The number of pyridine rings is 1. The molecule has 0 radical (unpaired) electrons. The van der Waals surface area contributed by atoms with E-state index in [0.29, 0.717) is 12.2 Å². The van der Waals surface area contributed by atoms with Crippen LogP contribution in [0, 0.1) is 0 Å². The second kappa shape index (κ2) is 5.30. The summed E-state index contributed by atoms with van der Waals surface area (Å²) in [5.74, 6) is 0.862. The molecule has 0 aliphatic carbocycles. The molecule has 2 aromatic heterocycles. The minimum absolute atomic E-state index is 0.279. The van der Waals surface area contributed by atoms with Gasteiger partial charge in [-0.3, -0.25) is 4.98 Å². The molecule has 1 fully saturated rings. The molecule has 2 unspecified atom stereocenters. The Morgan fingerprint density at radius 1 is 1.30 bits per heavy atom. The van der Waals surface area contributed by atoms with Crippen molar-refractivity contribution < 1.29 is 5.11 Å². The van der Waals surface area contributed by atoms with Gasteiger partial charge in [0.1, 0.15) is 11.3 Å². The molecular formula is C14H19N5O. The van der Waals surface area contributed by atoms with Gasteiger partial charge in [0, 0.05) is 31.5 Å². The SMILES string of the molecule is CN(C)CC1CC(O)CN1c1ccc2nccnc2n1. The number of likely N-dealkylation sites (N-methyl/N-ethyl adjacent to an activating group) is 1. The van der Waals surface area contributed by atoms with Crippen LogP contribution >= 0.6 is 0 Å². The summed E-state index contributed by atoms with van der Waals surface area (Å²) in [4.78, 5) is 17.3. The zero-order valence-corrected chi connectivity index (χ0v) is 11.8. The minimum Gasteiger partial charge on any atom is -0.391 e. The number of anilines is 1. The third-order valence-corrected chi connectivity index (χ3v) is 3.58. The average molecular weight is 273 g/mol. The molecule has 0 amide bonds. The van der Waals surface area contributed by atoms with Crippen LogP contribution in [0.25, 0.3) is 11.2 Å². The number of nitrogens with zero attached hydrogens (tertiary/aromatic N) is 5. The van der Waals surface area contributed by atoms with Gasteiger partial charge in [-0.2, -0.15) is 0 Å². The first kappa shape index (κ1) is 13.2. The monoisotopic (exact) mass is 273 g/mol. The molecule has 3 rings (SSSR count). The predicted octanol–water partition coefficient (Wildman–Crippen LogP) is 0.526. The van der Waals surface area contributed by atoms with E-state index in [2.05, 4.69) is 24.8 Å². The first-order valence-corrected chi connectivity index (χ1v) is 6.80. The van der Waals surface area contributed by atoms with E-state index in [0.717, 1.165) is 24.3 Å². The smallest absolute Gasteiger partial charge is 0.180 e. The summed E-state index contributed by atoms with van der Waals surface area (Å²) in [6.45, 7) is 1.52. The number of β-amino-alcohol motifs (C(OH)–C–C–N with tert-alkyl or cyclic N) is 1. The Hall–Kier alpha value is -1.79. The highest BCUT2D eigenvalue weighted by Crippen LogP contribution is 2.25. The van der Waals surface area contributed by atoms with Gasteiger partial charge in [-0.25, -0.2) is 9.97 Å². The lowest BCUT2D eigenvalue weighted by atomic mass is 10.2. The highest BCUT2D eigenvalue weighted by molar-refractivity contribution is 5.71. The molecule has 0 aromatic carbocycles. The van der Waals surface area contributed by atoms with Gasteiger partial charge in [0.05, 0.1) is 6.10 Å². The first-order valence-electron chi connectivity index (χ1n) is 6.80. The number of fused-ring (bicyclic) bond motifs is 1. The molecule has 1 aliphatic rings. The average Bonchev–Trinajstić information content (AvgIpc) is 2.78. The molecule has 6 nitrogen and oxygen atoms in total. The Balaban J connectivity index is 1.92. The van der Waals surface area contributed by atoms with E-state index >= 15 is 0 Å². The zero-order valence-electron chi connectivity index (χ0n) is 11.8. The van der Waals surface area contributed by atoms with E-state index in [-0.39, 0.29) is 12.1 Å². The highest BCUT2D eigenvalue weighted by Gasteiger charge is 2.32. The normalized spacial score (nSPS) is 22.9. The van der Waals surface area contributed by atoms with Crippen molar-refractivity contribution in [2.24, 2.45) is 0 Å². The molecular weight excluding hydrogens is 254 g/mol. The van der Waals surface area contributed by atoms with Gasteiger partial charge in [-0.1, -0.05) is 0 Å². The minimum atomic E-state index is -0.292. The van der Waals surface area contributed by atoms with E-state index in [9.17, 15) is 5.11 Å².